The Morgan fingerprint density at radius 2 is 0.841 bits per heavy atom. The number of ether oxygens (including phenoxy) is 1. The summed E-state index contributed by atoms with van der Waals surface area (Å²) in [4.78, 5) is 0. The molecule has 0 saturated carbocycles. The van der Waals surface area contributed by atoms with Gasteiger partial charge in [-0.05, 0) is 83.7 Å². The number of hydrogen-bond donors (Lipinski definition) is 0. The number of fused-ring (bicyclic) bond motifs is 8. The average molecular weight is 558 g/mol. The third-order valence-corrected chi connectivity index (χ3v) is 9.20. The van der Waals surface area contributed by atoms with Crippen LogP contribution in [-0.4, -0.2) is 6.71 Å². The lowest BCUT2D eigenvalue weighted by Gasteiger charge is -2.27. The van der Waals surface area contributed by atoms with Crippen LogP contribution in [0.4, 0.5) is 0 Å². The van der Waals surface area contributed by atoms with Crippen molar-refractivity contribution in [1.82, 2.24) is 0 Å². The number of benzene rings is 8. The van der Waals surface area contributed by atoms with Crippen LogP contribution in [0, 0.1) is 0 Å². The molecule has 204 valence electrons. The molecule has 0 bridgehead atoms. The van der Waals surface area contributed by atoms with Crippen molar-refractivity contribution in [3.05, 3.63) is 164 Å². The molecule has 0 radical (unpaired) electrons. The van der Waals surface area contributed by atoms with E-state index in [-0.39, 0.29) is 6.71 Å². The van der Waals surface area contributed by atoms with Gasteiger partial charge in [0.1, 0.15) is 11.5 Å². The van der Waals surface area contributed by atoms with Gasteiger partial charge in [-0.15, -0.1) is 0 Å². The van der Waals surface area contributed by atoms with Crippen LogP contribution in [0.3, 0.4) is 0 Å². The van der Waals surface area contributed by atoms with Gasteiger partial charge >= 0.3 is 0 Å². The zero-order chi connectivity index (χ0) is 29.0. The van der Waals surface area contributed by atoms with E-state index in [1.54, 1.807) is 0 Å². The summed E-state index contributed by atoms with van der Waals surface area (Å²) in [6, 6.07) is 59.1. The van der Waals surface area contributed by atoms with Crippen molar-refractivity contribution < 1.29 is 4.74 Å². The molecule has 1 aliphatic heterocycles. The second kappa shape index (κ2) is 10.0. The van der Waals surface area contributed by atoms with Gasteiger partial charge in [-0.25, -0.2) is 0 Å². The lowest BCUT2D eigenvalue weighted by atomic mass is 9.36. The molecule has 8 aromatic rings. The van der Waals surface area contributed by atoms with Crippen molar-refractivity contribution >= 4 is 55.4 Å². The van der Waals surface area contributed by atoms with Gasteiger partial charge in [0.15, 0.2) is 0 Å². The van der Waals surface area contributed by atoms with Gasteiger partial charge in [-0.2, -0.15) is 0 Å². The van der Waals surface area contributed by atoms with Crippen molar-refractivity contribution in [2.24, 2.45) is 0 Å². The Morgan fingerprint density at radius 1 is 0.341 bits per heavy atom. The molecule has 8 aromatic carbocycles. The lowest BCUT2D eigenvalue weighted by molar-refractivity contribution is 0.487. The van der Waals surface area contributed by atoms with Gasteiger partial charge in [0.2, 0.25) is 0 Å². The predicted molar refractivity (Wildman–Crippen MR) is 187 cm³/mol. The highest BCUT2D eigenvalue weighted by atomic mass is 16.5. The van der Waals surface area contributed by atoms with Gasteiger partial charge in [0, 0.05) is 0 Å². The molecule has 0 aliphatic carbocycles. The smallest absolute Gasteiger partial charge is 0.250 e. The first kappa shape index (κ1) is 25.0. The highest BCUT2D eigenvalue weighted by Gasteiger charge is 2.32. The van der Waals surface area contributed by atoms with Crippen LogP contribution in [0.2, 0.25) is 0 Å². The third-order valence-electron chi connectivity index (χ3n) is 9.20. The van der Waals surface area contributed by atoms with E-state index in [9.17, 15) is 0 Å². The number of hydrogen-bond acceptors (Lipinski definition) is 1. The Kier molecular flexibility index (Phi) is 5.67. The average Bonchev–Trinajstić information content (AvgIpc) is 3.10. The molecule has 1 aliphatic rings. The quantitative estimate of drug-likeness (QED) is 0.155. The van der Waals surface area contributed by atoms with Crippen LogP contribution < -0.4 is 21.1 Å². The summed E-state index contributed by atoms with van der Waals surface area (Å²) in [5.74, 6) is 1.84. The standard InChI is InChI=1S/C42H27BO/c1-2-12-30(13-3-1)43-39-20-10-11-21-41(39)44-42-27-29(23-25-40(42)43)32-15-5-4-14-31(32)28-22-24-37-35-18-7-6-16-33(35)34-17-8-9-19-36(34)38(37)26-28/h1-27H. The molecule has 0 fully saturated rings. The van der Waals surface area contributed by atoms with E-state index in [0.717, 1.165) is 17.1 Å². The van der Waals surface area contributed by atoms with E-state index in [1.165, 1.54) is 65.4 Å². The van der Waals surface area contributed by atoms with Crippen LogP contribution in [-0.2, 0) is 0 Å². The summed E-state index contributed by atoms with van der Waals surface area (Å²) >= 11 is 0. The highest BCUT2D eigenvalue weighted by Crippen LogP contribution is 2.40. The van der Waals surface area contributed by atoms with Crippen LogP contribution in [0.5, 0.6) is 11.5 Å². The highest BCUT2D eigenvalue weighted by molar-refractivity contribution is 6.96. The van der Waals surface area contributed by atoms with Crippen molar-refractivity contribution in [1.29, 1.82) is 0 Å². The predicted octanol–water partition coefficient (Wildman–Crippen LogP) is 9.10. The molecule has 1 heterocycles. The van der Waals surface area contributed by atoms with Gasteiger partial charge in [-0.3, -0.25) is 0 Å². The van der Waals surface area contributed by atoms with Crippen molar-refractivity contribution in [3.63, 3.8) is 0 Å². The molecule has 0 N–H and O–H groups in total. The van der Waals surface area contributed by atoms with Crippen molar-refractivity contribution in [2.75, 3.05) is 0 Å². The van der Waals surface area contributed by atoms with Crippen molar-refractivity contribution in [2.45, 2.75) is 0 Å². The largest absolute Gasteiger partial charge is 0.458 e. The van der Waals surface area contributed by atoms with Gasteiger partial charge < -0.3 is 4.74 Å². The fraction of sp³-hybridized carbons (Fsp3) is 0. The summed E-state index contributed by atoms with van der Waals surface area (Å²) in [7, 11) is 0. The Hall–Kier alpha value is -5.60. The lowest BCUT2D eigenvalue weighted by Crippen LogP contribution is -2.54. The van der Waals surface area contributed by atoms with Crippen LogP contribution >= 0.6 is 0 Å². The minimum Gasteiger partial charge on any atom is -0.458 e. The van der Waals surface area contributed by atoms with E-state index in [2.05, 4.69) is 164 Å². The molecule has 2 heteroatoms. The Bertz CT molecular complexity index is 2340. The zero-order valence-corrected chi connectivity index (χ0v) is 24.1. The molecular weight excluding hydrogens is 531 g/mol. The summed E-state index contributed by atoms with van der Waals surface area (Å²) in [5.41, 5.74) is 8.43. The topological polar surface area (TPSA) is 9.23 Å². The van der Waals surface area contributed by atoms with Crippen LogP contribution in [0.1, 0.15) is 0 Å². The molecule has 9 rings (SSSR count). The fourth-order valence-corrected chi connectivity index (χ4v) is 7.19. The molecular formula is C42H27BO. The van der Waals surface area contributed by atoms with E-state index in [0.29, 0.717) is 0 Å². The number of rotatable bonds is 3. The molecule has 0 saturated heterocycles. The van der Waals surface area contributed by atoms with Crippen LogP contribution in [0.25, 0.3) is 54.6 Å². The summed E-state index contributed by atoms with van der Waals surface area (Å²) in [6.07, 6.45) is 0. The Labute approximate surface area is 257 Å². The first-order valence-electron chi connectivity index (χ1n) is 15.2. The van der Waals surface area contributed by atoms with Gasteiger partial charge in [-0.1, -0.05) is 151 Å². The molecule has 0 spiro atoms. The summed E-state index contributed by atoms with van der Waals surface area (Å²) < 4.78 is 6.58. The molecule has 0 atom stereocenters. The van der Waals surface area contributed by atoms with Gasteiger partial charge in [0.05, 0.1) is 0 Å². The van der Waals surface area contributed by atoms with Gasteiger partial charge in [0.25, 0.3) is 6.71 Å². The monoisotopic (exact) mass is 558 g/mol. The maximum absolute atomic E-state index is 6.58. The Balaban J connectivity index is 1.21. The molecule has 1 nitrogen and oxygen atoms in total. The van der Waals surface area contributed by atoms with E-state index in [4.69, 9.17) is 4.74 Å². The second-order valence-corrected chi connectivity index (χ2v) is 11.6. The molecule has 0 unspecified atom stereocenters. The minimum atomic E-state index is 0.129. The summed E-state index contributed by atoms with van der Waals surface area (Å²) in [5, 5.41) is 7.74. The zero-order valence-electron chi connectivity index (χ0n) is 24.1. The van der Waals surface area contributed by atoms with Crippen molar-refractivity contribution in [3.8, 4) is 33.8 Å². The maximum atomic E-state index is 6.58. The molecule has 0 aromatic heterocycles. The third kappa shape index (κ3) is 3.88. The fourth-order valence-electron chi connectivity index (χ4n) is 7.19. The first-order valence-corrected chi connectivity index (χ1v) is 15.2. The number of para-hydroxylation sites is 1. The van der Waals surface area contributed by atoms with E-state index >= 15 is 0 Å². The normalized spacial score (nSPS) is 12.2. The molecule has 44 heavy (non-hydrogen) atoms. The maximum Gasteiger partial charge on any atom is 0.250 e. The first-order chi connectivity index (χ1) is 21.8. The SMILES string of the molecule is c1ccc(B2c3ccccc3Oc3cc(-c4ccccc4-c4ccc5c6ccccc6c6ccccc6c5c4)ccc32)cc1. The van der Waals surface area contributed by atoms with Crippen LogP contribution in [0.15, 0.2) is 164 Å². The van der Waals surface area contributed by atoms with E-state index in [1.807, 2.05) is 0 Å². The van der Waals surface area contributed by atoms with E-state index < -0.39 is 0 Å². The summed E-state index contributed by atoms with van der Waals surface area (Å²) in [6.45, 7) is 0.129. The molecule has 0 amide bonds. The minimum absolute atomic E-state index is 0.129. The second-order valence-electron chi connectivity index (χ2n) is 11.6. The Morgan fingerprint density at radius 3 is 1.55 bits per heavy atom.